The van der Waals surface area contributed by atoms with Gasteiger partial charge in [-0.3, -0.25) is 0 Å². The highest BCUT2D eigenvalue weighted by Gasteiger charge is 2.15. The molecule has 0 atom stereocenters. The Balaban J connectivity index is 2.38. The number of imidazole rings is 1. The Morgan fingerprint density at radius 3 is 2.57 bits per heavy atom. The van der Waals surface area contributed by atoms with Gasteiger partial charge in [0.05, 0.1) is 6.10 Å². The SMILES string of the molecule is Cc1nc(-c2cccc(OC(C)C)c2)c(N)n1CC(C)C. The fourth-order valence-corrected chi connectivity index (χ4v) is 2.38. The molecule has 2 N–H and O–H groups in total. The van der Waals surface area contributed by atoms with Crippen LogP contribution in [0.4, 0.5) is 5.82 Å². The molecule has 1 heterocycles. The summed E-state index contributed by atoms with van der Waals surface area (Å²) in [6.07, 6.45) is 0.151. The van der Waals surface area contributed by atoms with Crippen LogP contribution in [-0.4, -0.2) is 15.7 Å². The van der Waals surface area contributed by atoms with E-state index in [0.29, 0.717) is 5.92 Å². The number of ether oxygens (including phenoxy) is 1. The molecule has 0 aliphatic carbocycles. The highest BCUT2D eigenvalue weighted by Crippen LogP contribution is 2.29. The first-order valence-corrected chi connectivity index (χ1v) is 7.48. The highest BCUT2D eigenvalue weighted by atomic mass is 16.5. The molecule has 0 saturated heterocycles. The number of aromatic nitrogens is 2. The van der Waals surface area contributed by atoms with Crippen LogP contribution in [-0.2, 0) is 6.54 Å². The zero-order valence-electron chi connectivity index (χ0n) is 13.6. The largest absolute Gasteiger partial charge is 0.491 e. The topological polar surface area (TPSA) is 53.1 Å². The third-order valence-electron chi connectivity index (χ3n) is 3.22. The van der Waals surface area contributed by atoms with Crippen molar-refractivity contribution in [1.82, 2.24) is 9.55 Å². The van der Waals surface area contributed by atoms with Crippen LogP contribution in [0.3, 0.4) is 0 Å². The lowest BCUT2D eigenvalue weighted by atomic mass is 10.1. The molecule has 1 aromatic carbocycles. The van der Waals surface area contributed by atoms with Crippen LogP contribution in [0, 0.1) is 12.8 Å². The van der Waals surface area contributed by atoms with E-state index in [2.05, 4.69) is 23.4 Å². The minimum absolute atomic E-state index is 0.151. The molecule has 21 heavy (non-hydrogen) atoms. The molecule has 0 spiro atoms. The van der Waals surface area contributed by atoms with Crippen molar-refractivity contribution in [1.29, 1.82) is 0 Å². The van der Waals surface area contributed by atoms with Gasteiger partial charge >= 0.3 is 0 Å². The second kappa shape index (κ2) is 6.20. The molecule has 0 aliphatic rings. The molecule has 0 saturated carbocycles. The average molecular weight is 287 g/mol. The van der Waals surface area contributed by atoms with Gasteiger partial charge in [0.2, 0.25) is 0 Å². The van der Waals surface area contributed by atoms with E-state index in [1.807, 2.05) is 45.0 Å². The van der Waals surface area contributed by atoms with Crippen LogP contribution >= 0.6 is 0 Å². The van der Waals surface area contributed by atoms with E-state index in [-0.39, 0.29) is 6.10 Å². The van der Waals surface area contributed by atoms with E-state index in [9.17, 15) is 0 Å². The van der Waals surface area contributed by atoms with Crippen molar-refractivity contribution < 1.29 is 4.74 Å². The average Bonchev–Trinajstić information content (AvgIpc) is 2.66. The van der Waals surface area contributed by atoms with Gasteiger partial charge in [-0.2, -0.15) is 0 Å². The van der Waals surface area contributed by atoms with Crippen LogP contribution in [0.2, 0.25) is 0 Å². The summed E-state index contributed by atoms with van der Waals surface area (Å²) < 4.78 is 7.82. The molecule has 0 bridgehead atoms. The van der Waals surface area contributed by atoms with Gasteiger partial charge in [-0.25, -0.2) is 4.98 Å². The molecule has 4 heteroatoms. The van der Waals surface area contributed by atoms with Crippen molar-refractivity contribution >= 4 is 5.82 Å². The maximum Gasteiger partial charge on any atom is 0.131 e. The Bertz CT molecular complexity index is 614. The van der Waals surface area contributed by atoms with Crippen LogP contribution < -0.4 is 10.5 Å². The Kier molecular flexibility index (Phi) is 4.56. The van der Waals surface area contributed by atoms with E-state index in [4.69, 9.17) is 10.5 Å². The van der Waals surface area contributed by atoms with Crippen molar-refractivity contribution in [3.63, 3.8) is 0 Å². The van der Waals surface area contributed by atoms with Crippen LogP contribution in [0.5, 0.6) is 5.75 Å². The standard InChI is InChI=1S/C17H25N3O/c1-11(2)10-20-13(5)19-16(17(20)18)14-7-6-8-15(9-14)21-12(3)4/h6-9,11-12H,10,18H2,1-5H3. The second-order valence-corrected chi connectivity index (χ2v) is 6.09. The Labute approximate surface area is 127 Å². The number of nitrogens with zero attached hydrogens (tertiary/aromatic N) is 2. The quantitative estimate of drug-likeness (QED) is 0.907. The van der Waals surface area contributed by atoms with Gasteiger partial charge in [0.25, 0.3) is 0 Å². The summed E-state index contributed by atoms with van der Waals surface area (Å²) in [5.41, 5.74) is 8.13. The zero-order valence-corrected chi connectivity index (χ0v) is 13.6. The predicted octanol–water partition coefficient (Wildman–Crippen LogP) is 3.88. The number of hydrogen-bond acceptors (Lipinski definition) is 3. The Morgan fingerprint density at radius 1 is 1.24 bits per heavy atom. The van der Waals surface area contributed by atoms with Gasteiger partial charge in [-0.05, 0) is 38.8 Å². The fourth-order valence-electron chi connectivity index (χ4n) is 2.38. The second-order valence-electron chi connectivity index (χ2n) is 6.09. The smallest absolute Gasteiger partial charge is 0.131 e. The molecule has 114 valence electrons. The number of nitrogens with two attached hydrogens (primary N) is 1. The first kappa shape index (κ1) is 15.4. The third kappa shape index (κ3) is 3.57. The molecule has 1 aromatic heterocycles. The number of rotatable bonds is 5. The van der Waals surface area contributed by atoms with Gasteiger partial charge < -0.3 is 15.0 Å². The molecule has 0 aliphatic heterocycles. The lowest BCUT2D eigenvalue weighted by Crippen LogP contribution is -2.09. The molecule has 0 unspecified atom stereocenters. The van der Waals surface area contributed by atoms with Gasteiger partial charge in [0, 0.05) is 12.1 Å². The number of aryl methyl sites for hydroxylation is 1. The number of nitrogen functional groups attached to an aromatic ring is 1. The minimum atomic E-state index is 0.151. The predicted molar refractivity (Wildman–Crippen MR) is 87.4 cm³/mol. The molecule has 2 aromatic rings. The summed E-state index contributed by atoms with van der Waals surface area (Å²) in [7, 11) is 0. The van der Waals surface area contributed by atoms with E-state index in [1.165, 1.54) is 0 Å². The fraction of sp³-hybridized carbons (Fsp3) is 0.471. The number of benzene rings is 1. The maximum absolute atomic E-state index is 6.30. The van der Waals surface area contributed by atoms with E-state index in [1.54, 1.807) is 0 Å². The van der Waals surface area contributed by atoms with Crippen LogP contribution in [0.25, 0.3) is 11.3 Å². The molecule has 0 amide bonds. The molecule has 4 nitrogen and oxygen atoms in total. The van der Waals surface area contributed by atoms with Crippen molar-refractivity contribution in [3.05, 3.63) is 30.1 Å². The normalized spacial score (nSPS) is 11.4. The summed E-state index contributed by atoms with van der Waals surface area (Å²) in [5.74, 6) is 3.05. The summed E-state index contributed by atoms with van der Waals surface area (Å²) in [5, 5.41) is 0. The molecular formula is C17H25N3O. The molecular weight excluding hydrogens is 262 g/mol. The summed E-state index contributed by atoms with van der Waals surface area (Å²) in [6, 6.07) is 7.95. The molecule has 2 rings (SSSR count). The lowest BCUT2D eigenvalue weighted by Gasteiger charge is -2.11. The monoisotopic (exact) mass is 287 g/mol. The third-order valence-corrected chi connectivity index (χ3v) is 3.22. The van der Waals surface area contributed by atoms with E-state index >= 15 is 0 Å². The molecule has 0 fully saturated rings. The van der Waals surface area contributed by atoms with Crippen molar-refractivity contribution in [2.45, 2.75) is 47.3 Å². The number of hydrogen-bond donors (Lipinski definition) is 1. The van der Waals surface area contributed by atoms with E-state index < -0.39 is 0 Å². The van der Waals surface area contributed by atoms with Crippen molar-refractivity contribution in [2.24, 2.45) is 5.92 Å². The summed E-state index contributed by atoms with van der Waals surface area (Å²) >= 11 is 0. The van der Waals surface area contributed by atoms with Crippen molar-refractivity contribution in [2.75, 3.05) is 5.73 Å². The van der Waals surface area contributed by atoms with Gasteiger partial charge in [0.15, 0.2) is 0 Å². The Hall–Kier alpha value is -1.97. The summed E-state index contributed by atoms with van der Waals surface area (Å²) in [6.45, 7) is 11.3. The van der Waals surface area contributed by atoms with E-state index in [0.717, 1.165) is 35.2 Å². The number of anilines is 1. The Morgan fingerprint density at radius 2 is 1.95 bits per heavy atom. The first-order chi connectivity index (χ1) is 9.88. The van der Waals surface area contributed by atoms with Crippen molar-refractivity contribution in [3.8, 4) is 17.0 Å². The van der Waals surface area contributed by atoms with Gasteiger partial charge in [0.1, 0.15) is 23.1 Å². The van der Waals surface area contributed by atoms with Crippen LogP contribution in [0.1, 0.15) is 33.5 Å². The lowest BCUT2D eigenvalue weighted by molar-refractivity contribution is 0.242. The maximum atomic E-state index is 6.30. The highest BCUT2D eigenvalue weighted by molar-refractivity contribution is 5.72. The first-order valence-electron chi connectivity index (χ1n) is 7.48. The zero-order chi connectivity index (χ0) is 15.6. The van der Waals surface area contributed by atoms with Gasteiger partial charge in [-0.1, -0.05) is 26.0 Å². The minimum Gasteiger partial charge on any atom is -0.491 e. The van der Waals surface area contributed by atoms with Gasteiger partial charge in [-0.15, -0.1) is 0 Å². The summed E-state index contributed by atoms with van der Waals surface area (Å²) in [4.78, 5) is 4.64. The van der Waals surface area contributed by atoms with Crippen LogP contribution in [0.15, 0.2) is 24.3 Å². The molecule has 0 radical (unpaired) electrons.